The smallest absolute Gasteiger partial charge is 0.318 e. The fourth-order valence-corrected chi connectivity index (χ4v) is 5.56. The Hall–Kier alpha value is -1.78. The molecule has 4 aliphatic rings. The standard InChI is InChI=1S/C21H21NO2S/c23-21(24-17-13-22-11-9-14(17)10-12-22)20-15-5-1-3-7-18(15)25-19-8-4-2-6-16(19)20/h1-8,14,17,20H,9-13H2. The lowest BCUT2D eigenvalue weighted by molar-refractivity contribution is -0.159. The van der Waals surface area contributed by atoms with Crippen LogP contribution >= 0.6 is 11.8 Å². The van der Waals surface area contributed by atoms with Crippen molar-refractivity contribution in [2.24, 2.45) is 5.92 Å². The number of nitrogens with zero attached hydrogens (tertiary/aromatic N) is 1. The van der Waals surface area contributed by atoms with Crippen molar-refractivity contribution in [3.05, 3.63) is 59.7 Å². The Morgan fingerprint density at radius 3 is 2.12 bits per heavy atom. The molecule has 0 amide bonds. The topological polar surface area (TPSA) is 29.5 Å². The van der Waals surface area contributed by atoms with Gasteiger partial charge in [-0.05, 0) is 55.1 Å². The number of piperidine rings is 3. The number of fused-ring (bicyclic) bond motifs is 5. The highest BCUT2D eigenvalue weighted by Gasteiger charge is 2.39. The molecule has 2 aromatic carbocycles. The fourth-order valence-electron chi connectivity index (χ4n) is 4.43. The van der Waals surface area contributed by atoms with Crippen molar-refractivity contribution >= 4 is 17.7 Å². The van der Waals surface area contributed by atoms with Crippen LogP contribution in [0.1, 0.15) is 29.9 Å². The minimum atomic E-state index is -0.302. The van der Waals surface area contributed by atoms with E-state index in [1.807, 2.05) is 24.3 Å². The molecule has 0 aliphatic carbocycles. The maximum atomic E-state index is 13.2. The molecule has 6 rings (SSSR count). The summed E-state index contributed by atoms with van der Waals surface area (Å²) in [5.41, 5.74) is 2.16. The quantitative estimate of drug-likeness (QED) is 0.767. The highest BCUT2D eigenvalue weighted by atomic mass is 32.2. The van der Waals surface area contributed by atoms with Crippen LogP contribution < -0.4 is 0 Å². The van der Waals surface area contributed by atoms with Gasteiger partial charge in [0.05, 0.1) is 0 Å². The van der Waals surface area contributed by atoms with Gasteiger partial charge in [-0.1, -0.05) is 48.2 Å². The Balaban J connectivity index is 1.47. The summed E-state index contributed by atoms with van der Waals surface area (Å²) in [6, 6.07) is 16.4. The van der Waals surface area contributed by atoms with Crippen LogP contribution in [-0.4, -0.2) is 36.6 Å². The van der Waals surface area contributed by atoms with Crippen molar-refractivity contribution in [1.29, 1.82) is 0 Å². The first-order chi connectivity index (χ1) is 12.3. The van der Waals surface area contributed by atoms with Crippen LogP contribution in [0.2, 0.25) is 0 Å². The maximum Gasteiger partial charge on any atom is 0.318 e. The van der Waals surface area contributed by atoms with Crippen molar-refractivity contribution in [2.45, 2.75) is 34.7 Å². The molecule has 0 spiro atoms. The van der Waals surface area contributed by atoms with E-state index in [1.165, 1.54) is 0 Å². The van der Waals surface area contributed by atoms with Crippen LogP contribution in [0.25, 0.3) is 0 Å². The third kappa shape index (κ3) is 2.68. The van der Waals surface area contributed by atoms with Gasteiger partial charge >= 0.3 is 5.97 Å². The van der Waals surface area contributed by atoms with Crippen molar-refractivity contribution in [3.63, 3.8) is 0 Å². The van der Waals surface area contributed by atoms with Gasteiger partial charge in [0.15, 0.2) is 0 Å². The van der Waals surface area contributed by atoms with Crippen LogP contribution in [0.3, 0.4) is 0 Å². The molecule has 3 fully saturated rings. The van der Waals surface area contributed by atoms with Crippen molar-refractivity contribution < 1.29 is 9.53 Å². The lowest BCUT2D eigenvalue weighted by Gasteiger charge is -2.44. The molecule has 1 unspecified atom stereocenters. The van der Waals surface area contributed by atoms with Crippen LogP contribution in [-0.2, 0) is 9.53 Å². The lowest BCUT2D eigenvalue weighted by Crippen LogP contribution is -2.52. The first-order valence-electron chi connectivity index (χ1n) is 9.08. The molecular weight excluding hydrogens is 330 g/mol. The van der Waals surface area contributed by atoms with Crippen LogP contribution in [0.15, 0.2) is 58.3 Å². The Labute approximate surface area is 152 Å². The number of ether oxygens (including phenoxy) is 1. The molecule has 0 aromatic heterocycles. The zero-order chi connectivity index (χ0) is 16.8. The first kappa shape index (κ1) is 15.5. The van der Waals surface area contributed by atoms with Gasteiger partial charge in [0.1, 0.15) is 12.0 Å². The number of hydrogen-bond donors (Lipinski definition) is 0. The van der Waals surface area contributed by atoms with E-state index >= 15 is 0 Å². The molecule has 4 heteroatoms. The van der Waals surface area contributed by atoms with Crippen molar-refractivity contribution in [2.75, 3.05) is 19.6 Å². The third-order valence-corrected chi connectivity index (χ3v) is 6.96. The predicted molar refractivity (Wildman–Crippen MR) is 97.9 cm³/mol. The monoisotopic (exact) mass is 351 g/mol. The van der Waals surface area contributed by atoms with E-state index in [4.69, 9.17) is 4.74 Å². The highest BCUT2D eigenvalue weighted by Crippen LogP contribution is 2.46. The number of esters is 1. The van der Waals surface area contributed by atoms with Gasteiger partial charge in [0.25, 0.3) is 0 Å². The molecule has 1 atom stereocenters. The second-order valence-electron chi connectivity index (χ2n) is 7.22. The minimum absolute atomic E-state index is 0.0592. The van der Waals surface area contributed by atoms with Gasteiger partial charge < -0.3 is 4.74 Å². The van der Waals surface area contributed by atoms with Gasteiger partial charge in [-0.25, -0.2) is 0 Å². The Kier molecular flexibility index (Phi) is 3.83. The van der Waals surface area contributed by atoms with Gasteiger partial charge in [-0.15, -0.1) is 0 Å². The fraction of sp³-hybridized carbons (Fsp3) is 0.381. The predicted octanol–water partition coefficient (Wildman–Crippen LogP) is 3.92. The van der Waals surface area contributed by atoms with E-state index in [-0.39, 0.29) is 18.0 Å². The summed E-state index contributed by atoms with van der Waals surface area (Å²) in [7, 11) is 0. The van der Waals surface area contributed by atoms with E-state index in [1.54, 1.807) is 11.8 Å². The van der Waals surface area contributed by atoms with Crippen molar-refractivity contribution in [3.8, 4) is 0 Å². The number of rotatable bonds is 2. The van der Waals surface area contributed by atoms with E-state index in [9.17, 15) is 4.79 Å². The average Bonchev–Trinajstić information content (AvgIpc) is 2.67. The highest BCUT2D eigenvalue weighted by molar-refractivity contribution is 7.99. The summed E-state index contributed by atoms with van der Waals surface area (Å²) in [6.07, 6.45) is 2.38. The van der Waals surface area contributed by atoms with Gasteiger partial charge in [-0.2, -0.15) is 0 Å². The normalized spacial score (nSPS) is 27.4. The molecule has 25 heavy (non-hydrogen) atoms. The molecule has 0 radical (unpaired) electrons. The molecule has 2 bridgehead atoms. The maximum absolute atomic E-state index is 13.2. The Morgan fingerprint density at radius 1 is 0.960 bits per heavy atom. The summed E-state index contributed by atoms with van der Waals surface area (Å²) in [5, 5.41) is 0. The summed E-state index contributed by atoms with van der Waals surface area (Å²) >= 11 is 1.75. The third-order valence-electron chi connectivity index (χ3n) is 5.78. The molecule has 3 saturated heterocycles. The number of carbonyl (C=O) groups is 1. The molecule has 3 nitrogen and oxygen atoms in total. The molecule has 2 aromatic rings. The minimum Gasteiger partial charge on any atom is -0.460 e. The zero-order valence-corrected chi connectivity index (χ0v) is 14.9. The SMILES string of the molecule is O=C(OC1CN2CCC1CC2)C1c2ccccc2Sc2ccccc21. The summed E-state index contributed by atoms with van der Waals surface area (Å²) in [5.74, 6) is 0.153. The number of carbonyl (C=O) groups excluding carboxylic acids is 1. The van der Waals surface area contributed by atoms with E-state index in [2.05, 4.69) is 29.2 Å². The Bertz CT molecular complexity index is 768. The number of benzene rings is 2. The van der Waals surface area contributed by atoms with Crippen LogP contribution in [0.5, 0.6) is 0 Å². The van der Waals surface area contributed by atoms with Crippen LogP contribution in [0.4, 0.5) is 0 Å². The second-order valence-corrected chi connectivity index (χ2v) is 8.31. The summed E-state index contributed by atoms with van der Waals surface area (Å²) in [4.78, 5) is 18.0. The van der Waals surface area contributed by atoms with E-state index in [0.29, 0.717) is 5.92 Å². The zero-order valence-electron chi connectivity index (χ0n) is 14.1. The summed E-state index contributed by atoms with van der Waals surface area (Å²) in [6.45, 7) is 3.22. The van der Waals surface area contributed by atoms with E-state index < -0.39 is 0 Å². The average molecular weight is 351 g/mol. The van der Waals surface area contributed by atoms with Crippen molar-refractivity contribution in [1.82, 2.24) is 4.90 Å². The summed E-state index contributed by atoms with van der Waals surface area (Å²) < 4.78 is 6.09. The van der Waals surface area contributed by atoms with E-state index in [0.717, 1.165) is 53.4 Å². The van der Waals surface area contributed by atoms with Gasteiger partial charge in [0, 0.05) is 16.3 Å². The molecule has 4 aliphatic heterocycles. The molecular formula is C21H21NO2S. The van der Waals surface area contributed by atoms with Crippen LogP contribution in [0, 0.1) is 5.92 Å². The van der Waals surface area contributed by atoms with Gasteiger partial charge in [0.2, 0.25) is 0 Å². The largest absolute Gasteiger partial charge is 0.460 e. The number of hydrogen-bond acceptors (Lipinski definition) is 4. The first-order valence-corrected chi connectivity index (χ1v) is 9.90. The molecule has 4 heterocycles. The molecule has 128 valence electrons. The molecule has 0 N–H and O–H groups in total. The lowest BCUT2D eigenvalue weighted by atomic mass is 9.85. The second kappa shape index (κ2) is 6.19. The molecule has 0 saturated carbocycles. The van der Waals surface area contributed by atoms with Gasteiger partial charge in [-0.3, -0.25) is 9.69 Å². The Morgan fingerprint density at radius 2 is 1.56 bits per heavy atom.